The van der Waals surface area contributed by atoms with E-state index in [9.17, 15) is 15.0 Å². The van der Waals surface area contributed by atoms with Gasteiger partial charge in [-0.15, -0.1) is 5.10 Å². The highest BCUT2D eigenvalue weighted by molar-refractivity contribution is 5.89. The summed E-state index contributed by atoms with van der Waals surface area (Å²) >= 11 is 0. The lowest BCUT2D eigenvalue weighted by Gasteiger charge is -2.36. The molecule has 168 valence electrons. The number of benzene rings is 1. The topological polar surface area (TPSA) is 122 Å². The van der Waals surface area contributed by atoms with Crippen molar-refractivity contribution in [2.75, 3.05) is 11.9 Å². The summed E-state index contributed by atoms with van der Waals surface area (Å²) in [6, 6.07) is 8.67. The van der Waals surface area contributed by atoms with Crippen molar-refractivity contribution < 1.29 is 19.7 Å². The molecule has 9 nitrogen and oxygen atoms in total. The highest BCUT2D eigenvalue weighted by atomic mass is 16.5. The van der Waals surface area contributed by atoms with E-state index in [1.165, 1.54) is 0 Å². The number of amides is 2. The summed E-state index contributed by atoms with van der Waals surface area (Å²) in [5, 5.41) is 34.5. The van der Waals surface area contributed by atoms with Crippen molar-refractivity contribution >= 4 is 11.7 Å². The maximum atomic E-state index is 12.3. The van der Waals surface area contributed by atoms with E-state index in [1.54, 1.807) is 4.68 Å². The molecule has 2 fully saturated rings. The Morgan fingerprint density at radius 1 is 1.23 bits per heavy atom. The highest BCUT2D eigenvalue weighted by Crippen LogP contribution is 2.37. The maximum Gasteiger partial charge on any atom is 0.319 e. The van der Waals surface area contributed by atoms with E-state index < -0.39 is 11.7 Å². The van der Waals surface area contributed by atoms with Crippen LogP contribution in [0.15, 0.2) is 36.5 Å². The number of urea groups is 1. The van der Waals surface area contributed by atoms with Crippen LogP contribution in [-0.2, 0) is 16.9 Å². The second kappa shape index (κ2) is 9.76. The van der Waals surface area contributed by atoms with Gasteiger partial charge < -0.3 is 25.6 Å². The number of nitrogens with zero attached hydrogens (tertiary/aromatic N) is 3. The van der Waals surface area contributed by atoms with Crippen LogP contribution in [0.5, 0.6) is 0 Å². The molecule has 4 rings (SSSR count). The van der Waals surface area contributed by atoms with Gasteiger partial charge in [0.15, 0.2) is 0 Å². The van der Waals surface area contributed by atoms with Gasteiger partial charge in [0, 0.05) is 12.2 Å². The summed E-state index contributed by atoms with van der Waals surface area (Å²) in [4.78, 5) is 12.3. The number of rotatable bonds is 7. The standard InChI is InChI=1S/C22H31N5O4/c28-15-19-18(24-21(29)23-16-6-2-1-3-7-16)9-8-17(31-19)10-13-27-14-20(25-26-27)22(30)11-4-5-12-22/h1-3,6-7,14,17-19,28,30H,4-5,8-13,15H2,(H2,23,24,29)/t17-,18+,19-/m1/s1. The molecule has 0 spiro atoms. The molecule has 1 aromatic carbocycles. The van der Waals surface area contributed by atoms with Gasteiger partial charge in [0.1, 0.15) is 17.4 Å². The number of carbonyl (C=O) groups excluding carboxylic acids is 1. The van der Waals surface area contributed by atoms with Gasteiger partial charge in [0.05, 0.1) is 24.9 Å². The number of aliphatic hydroxyl groups excluding tert-OH is 1. The Balaban J connectivity index is 1.25. The summed E-state index contributed by atoms with van der Waals surface area (Å²) < 4.78 is 7.79. The van der Waals surface area contributed by atoms with Crippen molar-refractivity contribution in [2.45, 2.75) is 75.3 Å². The van der Waals surface area contributed by atoms with E-state index >= 15 is 0 Å². The zero-order valence-electron chi connectivity index (χ0n) is 17.6. The Kier molecular flexibility index (Phi) is 6.84. The number of anilines is 1. The summed E-state index contributed by atoms with van der Waals surface area (Å²) in [5.41, 5.74) is 0.530. The Morgan fingerprint density at radius 2 is 2.00 bits per heavy atom. The van der Waals surface area contributed by atoms with E-state index in [2.05, 4.69) is 20.9 Å². The SMILES string of the molecule is O=C(Nc1ccccc1)N[C@H]1CC[C@H](CCn2cc(C3(O)CCCC3)nn2)O[C@@H]1CO. The van der Waals surface area contributed by atoms with Crippen LogP contribution in [0.1, 0.15) is 50.6 Å². The van der Waals surface area contributed by atoms with Crippen LogP contribution < -0.4 is 10.6 Å². The third kappa shape index (κ3) is 5.41. The lowest BCUT2D eigenvalue weighted by Crippen LogP contribution is -2.52. The molecule has 31 heavy (non-hydrogen) atoms. The fraction of sp³-hybridized carbons (Fsp3) is 0.591. The average Bonchev–Trinajstić information content (AvgIpc) is 3.44. The van der Waals surface area contributed by atoms with Gasteiger partial charge in [0.25, 0.3) is 0 Å². The molecule has 2 amide bonds. The number of hydrogen-bond acceptors (Lipinski definition) is 6. The minimum Gasteiger partial charge on any atom is -0.394 e. The van der Waals surface area contributed by atoms with Crippen molar-refractivity contribution in [2.24, 2.45) is 0 Å². The van der Waals surface area contributed by atoms with Gasteiger partial charge in [-0.3, -0.25) is 4.68 Å². The van der Waals surface area contributed by atoms with Crippen LogP contribution in [0.4, 0.5) is 10.5 Å². The largest absolute Gasteiger partial charge is 0.394 e. The van der Waals surface area contributed by atoms with Crippen LogP contribution in [0, 0.1) is 0 Å². The molecule has 0 bridgehead atoms. The minimum atomic E-state index is -0.833. The fourth-order valence-corrected chi connectivity index (χ4v) is 4.48. The number of ether oxygens (including phenoxy) is 1. The quantitative estimate of drug-likeness (QED) is 0.535. The molecule has 9 heteroatoms. The first kappa shape index (κ1) is 21.7. The molecule has 1 aromatic heterocycles. The second-order valence-electron chi connectivity index (χ2n) is 8.52. The Hall–Kier alpha value is -2.49. The van der Waals surface area contributed by atoms with Gasteiger partial charge in [-0.2, -0.15) is 0 Å². The molecule has 3 atom stereocenters. The number of nitrogens with one attached hydrogen (secondary N) is 2. The summed E-state index contributed by atoms with van der Waals surface area (Å²) in [6.07, 6.45) is 7.07. The first-order chi connectivity index (χ1) is 15.1. The number of aromatic nitrogens is 3. The van der Waals surface area contributed by atoms with Crippen molar-refractivity contribution in [3.63, 3.8) is 0 Å². The first-order valence-electron chi connectivity index (χ1n) is 11.1. The molecule has 1 saturated carbocycles. The number of hydrogen-bond donors (Lipinski definition) is 4. The summed E-state index contributed by atoms with van der Waals surface area (Å²) in [7, 11) is 0. The lowest BCUT2D eigenvalue weighted by molar-refractivity contribution is -0.0905. The van der Waals surface area contributed by atoms with Crippen LogP contribution in [0.25, 0.3) is 0 Å². The fourth-order valence-electron chi connectivity index (χ4n) is 4.48. The zero-order chi connectivity index (χ0) is 21.7. The van der Waals surface area contributed by atoms with Crippen LogP contribution in [-0.4, -0.2) is 56.1 Å². The monoisotopic (exact) mass is 429 g/mol. The molecule has 0 unspecified atom stereocenters. The van der Waals surface area contributed by atoms with Crippen molar-refractivity contribution in [3.05, 3.63) is 42.2 Å². The van der Waals surface area contributed by atoms with Gasteiger partial charge in [-0.05, 0) is 44.2 Å². The number of aryl methyl sites for hydroxylation is 1. The van der Waals surface area contributed by atoms with Crippen molar-refractivity contribution in [1.82, 2.24) is 20.3 Å². The molecular formula is C22H31N5O4. The van der Waals surface area contributed by atoms with Gasteiger partial charge in [0.2, 0.25) is 0 Å². The highest BCUT2D eigenvalue weighted by Gasteiger charge is 2.36. The van der Waals surface area contributed by atoms with E-state index in [0.29, 0.717) is 17.9 Å². The Morgan fingerprint density at radius 3 is 2.74 bits per heavy atom. The Labute approximate surface area is 181 Å². The Bertz CT molecular complexity index is 853. The molecule has 1 aliphatic carbocycles. The zero-order valence-corrected chi connectivity index (χ0v) is 17.6. The number of aliphatic hydroxyl groups is 2. The van der Waals surface area contributed by atoms with Crippen molar-refractivity contribution in [3.8, 4) is 0 Å². The third-order valence-corrected chi connectivity index (χ3v) is 6.27. The molecule has 2 heterocycles. The van der Waals surface area contributed by atoms with Gasteiger partial charge in [-0.1, -0.05) is 36.3 Å². The van der Waals surface area contributed by atoms with Crippen LogP contribution in [0.3, 0.4) is 0 Å². The van der Waals surface area contributed by atoms with E-state index in [1.807, 2.05) is 36.5 Å². The van der Waals surface area contributed by atoms with E-state index in [0.717, 1.165) is 44.9 Å². The second-order valence-corrected chi connectivity index (χ2v) is 8.52. The van der Waals surface area contributed by atoms with Crippen LogP contribution >= 0.6 is 0 Å². The first-order valence-corrected chi connectivity index (χ1v) is 11.1. The number of para-hydroxylation sites is 1. The van der Waals surface area contributed by atoms with Crippen LogP contribution in [0.2, 0.25) is 0 Å². The number of carbonyl (C=O) groups is 1. The summed E-state index contributed by atoms with van der Waals surface area (Å²) in [5.74, 6) is 0. The lowest BCUT2D eigenvalue weighted by atomic mass is 9.97. The normalized spacial score (nSPS) is 25.3. The molecule has 1 aliphatic heterocycles. The smallest absolute Gasteiger partial charge is 0.319 e. The maximum absolute atomic E-state index is 12.3. The third-order valence-electron chi connectivity index (χ3n) is 6.27. The minimum absolute atomic E-state index is 0.0328. The van der Waals surface area contributed by atoms with E-state index in [-0.39, 0.29) is 24.8 Å². The predicted molar refractivity (Wildman–Crippen MR) is 114 cm³/mol. The van der Waals surface area contributed by atoms with Crippen molar-refractivity contribution in [1.29, 1.82) is 0 Å². The van der Waals surface area contributed by atoms with Gasteiger partial charge >= 0.3 is 6.03 Å². The molecule has 2 aromatic rings. The molecular weight excluding hydrogens is 398 g/mol. The predicted octanol–water partition coefficient (Wildman–Crippen LogP) is 2.16. The van der Waals surface area contributed by atoms with E-state index in [4.69, 9.17) is 4.74 Å². The average molecular weight is 430 g/mol. The molecule has 1 saturated heterocycles. The van der Waals surface area contributed by atoms with Gasteiger partial charge in [-0.25, -0.2) is 4.79 Å². The summed E-state index contributed by atoms with van der Waals surface area (Å²) in [6.45, 7) is 0.464. The molecule has 0 radical (unpaired) electrons. The molecule has 2 aliphatic rings. The molecule has 4 N–H and O–H groups in total.